The van der Waals surface area contributed by atoms with Crippen LogP contribution in [0.25, 0.3) is 16.5 Å². The Balaban J connectivity index is 1.36. The zero-order valence-corrected chi connectivity index (χ0v) is 25.0. The van der Waals surface area contributed by atoms with Gasteiger partial charge in [-0.3, -0.25) is 9.48 Å². The Kier molecular flexibility index (Phi) is 7.25. The molecule has 4 heterocycles. The van der Waals surface area contributed by atoms with Crippen LogP contribution in [-0.4, -0.2) is 77.4 Å². The summed E-state index contributed by atoms with van der Waals surface area (Å²) in [6, 6.07) is 4.02. The van der Waals surface area contributed by atoms with E-state index in [0.717, 1.165) is 41.7 Å². The molecule has 0 aliphatic carbocycles. The van der Waals surface area contributed by atoms with E-state index in [4.69, 9.17) is 13.9 Å². The number of hydrogen-bond donors (Lipinski definition) is 2. The SMILES string of the molecule is Cn1ncc2cc(N3CCC(O[Si](C)(C)C(C)(C)C)C3)c(NC(=O)c3coc(C4=CCN(C(=O)O)CC4)n3)cc21. The lowest BCUT2D eigenvalue weighted by Gasteiger charge is -2.38. The van der Waals surface area contributed by atoms with Crippen LogP contribution in [0.2, 0.25) is 18.1 Å². The number of nitrogens with zero attached hydrogens (tertiary/aromatic N) is 5. The van der Waals surface area contributed by atoms with Gasteiger partial charge in [-0.05, 0) is 43.1 Å². The van der Waals surface area contributed by atoms with E-state index in [2.05, 4.69) is 60.2 Å². The van der Waals surface area contributed by atoms with Gasteiger partial charge in [-0.1, -0.05) is 26.8 Å². The van der Waals surface area contributed by atoms with Crippen LogP contribution < -0.4 is 10.2 Å². The molecule has 12 heteroatoms. The Morgan fingerprint density at radius 2 is 2.00 bits per heavy atom. The molecule has 0 saturated carbocycles. The average molecular weight is 567 g/mol. The number of oxazole rings is 1. The molecule has 1 aromatic carbocycles. The standard InChI is InChI=1S/C28H38N6O5Si/c1-28(2,3)40(5,6)39-20-9-12-34(16-20)24-13-19-15-29-32(4)23(19)14-21(24)30-25(35)22-17-38-26(31-22)18-7-10-33(11-8-18)27(36)37/h7,13-15,17,20H,8-12,16H2,1-6H3,(H,30,35)(H,36,37). The molecule has 3 aromatic rings. The second-order valence-electron chi connectivity index (χ2n) is 12.1. The number of fused-ring (bicyclic) bond motifs is 1. The van der Waals surface area contributed by atoms with Crippen LogP contribution in [0, 0.1) is 0 Å². The number of benzene rings is 1. The molecule has 2 aliphatic heterocycles. The summed E-state index contributed by atoms with van der Waals surface area (Å²) in [4.78, 5) is 32.5. The Hall–Kier alpha value is -3.64. The van der Waals surface area contributed by atoms with E-state index in [0.29, 0.717) is 24.5 Å². The molecule has 2 aromatic heterocycles. The van der Waals surface area contributed by atoms with Gasteiger partial charge in [-0.15, -0.1) is 0 Å². The Labute approximate surface area is 234 Å². The second kappa shape index (κ2) is 10.4. The fraction of sp³-hybridized carbons (Fsp3) is 0.500. The van der Waals surface area contributed by atoms with Crippen molar-refractivity contribution in [3.8, 4) is 0 Å². The Morgan fingerprint density at radius 1 is 1.23 bits per heavy atom. The van der Waals surface area contributed by atoms with Gasteiger partial charge in [0.15, 0.2) is 14.0 Å². The number of carboxylic acid groups (broad SMARTS) is 1. The van der Waals surface area contributed by atoms with E-state index in [1.54, 1.807) is 10.8 Å². The molecule has 2 aliphatic rings. The van der Waals surface area contributed by atoms with E-state index < -0.39 is 14.4 Å². The average Bonchev–Trinajstić information content (AvgIpc) is 3.64. The van der Waals surface area contributed by atoms with E-state index >= 15 is 0 Å². The van der Waals surface area contributed by atoms with Crippen LogP contribution in [0.15, 0.2) is 35.1 Å². The first-order valence-electron chi connectivity index (χ1n) is 13.6. The maximum Gasteiger partial charge on any atom is 0.407 e. The fourth-order valence-electron chi connectivity index (χ4n) is 4.94. The van der Waals surface area contributed by atoms with Crippen molar-refractivity contribution in [2.24, 2.45) is 7.05 Å². The number of aromatic nitrogens is 3. The molecule has 1 atom stereocenters. The molecule has 2 N–H and O–H groups in total. The first-order valence-corrected chi connectivity index (χ1v) is 16.6. The minimum atomic E-state index is -1.91. The lowest BCUT2D eigenvalue weighted by Crippen LogP contribution is -2.44. The van der Waals surface area contributed by atoms with Gasteiger partial charge in [0.05, 0.1) is 29.2 Å². The number of aryl methyl sites for hydroxylation is 1. The van der Waals surface area contributed by atoms with Crippen molar-refractivity contribution >= 4 is 48.2 Å². The number of amides is 2. The number of carbonyl (C=O) groups excluding carboxylic acids is 1. The van der Waals surface area contributed by atoms with E-state index in [9.17, 15) is 9.59 Å². The van der Waals surface area contributed by atoms with Gasteiger partial charge in [-0.2, -0.15) is 5.10 Å². The highest BCUT2D eigenvalue weighted by atomic mass is 28.4. The summed E-state index contributed by atoms with van der Waals surface area (Å²) in [6.45, 7) is 13.5. The van der Waals surface area contributed by atoms with Gasteiger partial charge >= 0.3 is 6.09 Å². The lowest BCUT2D eigenvalue weighted by molar-refractivity contribution is 0.102. The molecule has 2 amide bonds. The molecular weight excluding hydrogens is 528 g/mol. The van der Waals surface area contributed by atoms with Crippen molar-refractivity contribution in [3.63, 3.8) is 0 Å². The van der Waals surface area contributed by atoms with E-state index in [-0.39, 0.29) is 29.3 Å². The number of carbonyl (C=O) groups is 2. The fourth-order valence-corrected chi connectivity index (χ4v) is 6.31. The predicted molar refractivity (Wildman–Crippen MR) is 156 cm³/mol. The molecular formula is C28H38N6O5Si. The van der Waals surface area contributed by atoms with Gasteiger partial charge < -0.3 is 29.1 Å². The number of anilines is 2. The van der Waals surface area contributed by atoms with Gasteiger partial charge in [0.2, 0.25) is 5.89 Å². The van der Waals surface area contributed by atoms with Crippen molar-refractivity contribution in [3.05, 3.63) is 42.3 Å². The third-order valence-corrected chi connectivity index (χ3v) is 12.9. The van der Waals surface area contributed by atoms with Crippen LogP contribution in [-0.2, 0) is 11.5 Å². The first kappa shape index (κ1) is 27.9. The summed E-state index contributed by atoms with van der Waals surface area (Å²) < 4.78 is 14.1. The zero-order valence-electron chi connectivity index (χ0n) is 24.0. The van der Waals surface area contributed by atoms with E-state index in [1.165, 1.54) is 11.2 Å². The normalized spacial score (nSPS) is 18.4. The maximum absolute atomic E-state index is 13.3. The van der Waals surface area contributed by atoms with Crippen LogP contribution >= 0.6 is 0 Å². The molecule has 1 fully saturated rings. The molecule has 1 saturated heterocycles. The highest BCUT2D eigenvalue weighted by molar-refractivity contribution is 6.74. The summed E-state index contributed by atoms with van der Waals surface area (Å²) >= 11 is 0. The number of hydrogen-bond acceptors (Lipinski definition) is 7. The van der Waals surface area contributed by atoms with Crippen LogP contribution in [0.3, 0.4) is 0 Å². The summed E-state index contributed by atoms with van der Waals surface area (Å²) in [6.07, 6.45) is 5.52. The Bertz CT molecular complexity index is 1470. The third kappa shape index (κ3) is 5.50. The summed E-state index contributed by atoms with van der Waals surface area (Å²) in [5.41, 5.74) is 3.45. The summed E-state index contributed by atoms with van der Waals surface area (Å²) in [5, 5.41) is 17.7. The van der Waals surface area contributed by atoms with Crippen LogP contribution in [0.4, 0.5) is 16.2 Å². The van der Waals surface area contributed by atoms with Crippen LogP contribution in [0.5, 0.6) is 0 Å². The topological polar surface area (TPSA) is 126 Å². The number of nitrogens with one attached hydrogen (secondary N) is 1. The van der Waals surface area contributed by atoms with Gasteiger partial charge in [0, 0.05) is 44.2 Å². The maximum atomic E-state index is 13.3. The molecule has 214 valence electrons. The van der Waals surface area contributed by atoms with Gasteiger partial charge in [-0.25, -0.2) is 9.78 Å². The minimum Gasteiger partial charge on any atom is -0.465 e. The molecule has 0 radical (unpaired) electrons. The van der Waals surface area contributed by atoms with Crippen molar-refractivity contribution < 1.29 is 23.5 Å². The highest BCUT2D eigenvalue weighted by Crippen LogP contribution is 2.40. The molecule has 1 unspecified atom stereocenters. The first-order chi connectivity index (χ1) is 18.8. The van der Waals surface area contributed by atoms with Gasteiger partial charge in [0.25, 0.3) is 5.91 Å². The smallest absolute Gasteiger partial charge is 0.407 e. The minimum absolute atomic E-state index is 0.132. The van der Waals surface area contributed by atoms with E-state index in [1.807, 2.05) is 19.3 Å². The van der Waals surface area contributed by atoms with Gasteiger partial charge in [0.1, 0.15) is 6.26 Å². The molecule has 0 spiro atoms. The summed E-state index contributed by atoms with van der Waals surface area (Å²) in [5.74, 6) is -0.0442. The van der Waals surface area contributed by atoms with Crippen molar-refractivity contribution in [2.45, 2.75) is 57.8 Å². The van der Waals surface area contributed by atoms with Crippen molar-refractivity contribution in [1.29, 1.82) is 0 Å². The van der Waals surface area contributed by atoms with Crippen molar-refractivity contribution in [1.82, 2.24) is 19.7 Å². The Morgan fingerprint density at radius 3 is 2.67 bits per heavy atom. The quantitative estimate of drug-likeness (QED) is 0.391. The monoisotopic (exact) mass is 566 g/mol. The lowest BCUT2D eigenvalue weighted by atomic mass is 10.1. The largest absolute Gasteiger partial charge is 0.465 e. The number of rotatable bonds is 6. The van der Waals surface area contributed by atoms with Crippen LogP contribution in [0.1, 0.15) is 50.0 Å². The third-order valence-electron chi connectivity index (χ3n) is 8.36. The second-order valence-corrected chi connectivity index (χ2v) is 16.9. The molecule has 5 rings (SSSR count). The predicted octanol–water partition coefficient (Wildman–Crippen LogP) is 5.18. The van der Waals surface area contributed by atoms with Crippen molar-refractivity contribution in [2.75, 3.05) is 36.4 Å². The zero-order chi connectivity index (χ0) is 28.8. The molecule has 0 bridgehead atoms. The summed E-state index contributed by atoms with van der Waals surface area (Å²) in [7, 11) is -0.0362. The highest BCUT2D eigenvalue weighted by Gasteiger charge is 2.40. The molecule has 11 nitrogen and oxygen atoms in total. The molecule has 40 heavy (non-hydrogen) atoms.